The van der Waals surface area contributed by atoms with Crippen molar-refractivity contribution < 1.29 is 14.1 Å². The average Bonchev–Trinajstić information content (AvgIpc) is 2.54. The lowest BCUT2D eigenvalue weighted by atomic mass is 9.66. The van der Waals surface area contributed by atoms with Gasteiger partial charge in [-0.15, -0.1) is 0 Å². The molecule has 2 fully saturated rings. The summed E-state index contributed by atoms with van der Waals surface area (Å²) in [5.41, 5.74) is -0.577. The highest BCUT2D eigenvalue weighted by Gasteiger charge is 2.56. The molecular weight excluding hydrogens is 203 g/mol. The summed E-state index contributed by atoms with van der Waals surface area (Å²) >= 11 is 0. The zero-order valence-corrected chi connectivity index (χ0v) is 10.9. The molecule has 0 aromatic carbocycles. The minimum absolute atomic E-state index is 0.0784. The molecule has 0 unspecified atom stereocenters. The molecule has 2 aliphatic rings. The van der Waals surface area contributed by atoms with Crippen LogP contribution < -0.4 is 0 Å². The van der Waals surface area contributed by atoms with Gasteiger partial charge < -0.3 is 9.31 Å². The number of carbonyl (C=O) groups is 1. The Balaban J connectivity index is 2.12. The van der Waals surface area contributed by atoms with E-state index in [9.17, 15) is 4.79 Å². The number of carbonyl (C=O) groups excluding carboxylic acids is 1. The third kappa shape index (κ3) is 1.72. The van der Waals surface area contributed by atoms with E-state index in [1.807, 2.05) is 6.92 Å². The van der Waals surface area contributed by atoms with E-state index >= 15 is 0 Å². The third-order valence-electron chi connectivity index (χ3n) is 4.50. The molecule has 2 rings (SSSR count). The molecular formula is C12H21BO3. The van der Waals surface area contributed by atoms with Gasteiger partial charge in [0, 0.05) is 18.2 Å². The first kappa shape index (κ1) is 12.1. The summed E-state index contributed by atoms with van der Waals surface area (Å²) < 4.78 is 12.0. The lowest BCUT2D eigenvalue weighted by Gasteiger charge is -2.32. The van der Waals surface area contributed by atoms with E-state index in [0.29, 0.717) is 12.2 Å². The van der Waals surface area contributed by atoms with Crippen molar-refractivity contribution in [1.29, 1.82) is 0 Å². The molecule has 3 nitrogen and oxygen atoms in total. The van der Waals surface area contributed by atoms with Gasteiger partial charge in [-0.25, -0.2) is 0 Å². The third-order valence-corrected chi connectivity index (χ3v) is 4.50. The van der Waals surface area contributed by atoms with E-state index in [0.717, 1.165) is 6.42 Å². The van der Waals surface area contributed by atoms with Crippen molar-refractivity contribution in [3.63, 3.8) is 0 Å². The predicted molar refractivity (Wildman–Crippen MR) is 63.2 cm³/mol. The second-order valence-electron chi connectivity index (χ2n) is 6.08. The van der Waals surface area contributed by atoms with Gasteiger partial charge in [0.1, 0.15) is 5.78 Å². The normalized spacial score (nSPS) is 37.1. The van der Waals surface area contributed by atoms with Gasteiger partial charge in [0.2, 0.25) is 0 Å². The molecule has 2 atom stereocenters. The summed E-state index contributed by atoms with van der Waals surface area (Å²) in [6.07, 6.45) is 1.58. The van der Waals surface area contributed by atoms with Crippen LogP contribution in [0.4, 0.5) is 0 Å². The summed E-state index contributed by atoms with van der Waals surface area (Å²) in [5, 5.41) is 0. The molecule has 0 amide bonds. The largest absolute Gasteiger partial charge is 0.461 e. The molecule has 1 aliphatic carbocycles. The van der Waals surface area contributed by atoms with Crippen molar-refractivity contribution >= 4 is 12.9 Å². The molecule has 1 saturated carbocycles. The molecule has 0 bridgehead atoms. The van der Waals surface area contributed by atoms with Gasteiger partial charge in [0.05, 0.1) is 11.2 Å². The zero-order valence-electron chi connectivity index (χ0n) is 10.9. The van der Waals surface area contributed by atoms with Crippen LogP contribution in [0.2, 0.25) is 5.82 Å². The van der Waals surface area contributed by atoms with E-state index in [1.54, 1.807) is 0 Å². The van der Waals surface area contributed by atoms with Crippen LogP contribution in [0.25, 0.3) is 0 Å². The van der Waals surface area contributed by atoms with Crippen molar-refractivity contribution in [1.82, 2.24) is 0 Å². The summed E-state index contributed by atoms with van der Waals surface area (Å²) in [7, 11) is -0.216. The van der Waals surface area contributed by atoms with Crippen LogP contribution in [-0.2, 0) is 14.1 Å². The topological polar surface area (TPSA) is 35.5 Å². The van der Waals surface area contributed by atoms with Crippen LogP contribution in [0.1, 0.15) is 47.5 Å². The van der Waals surface area contributed by atoms with Crippen molar-refractivity contribution in [2.24, 2.45) is 5.92 Å². The number of hydrogen-bond acceptors (Lipinski definition) is 3. The molecule has 0 spiro atoms. The number of hydrogen-bond donors (Lipinski definition) is 0. The van der Waals surface area contributed by atoms with Gasteiger partial charge in [0.15, 0.2) is 0 Å². The second kappa shape index (κ2) is 3.57. The average molecular weight is 224 g/mol. The molecule has 16 heavy (non-hydrogen) atoms. The van der Waals surface area contributed by atoms with Gasteiger partial charge in [-0.3, -0.25) is 4.79 Å². The van der Waals surface area contributed by atoms with Crippen LogP contribution in [0.15, 0.2) is 0 Å². The van der Waals surface area contributed by atoms with Crippen LogP contribution >= 0.6 is 0 Å². The van der Waals surface area contributed by atoms with Crippen LogP contribution in [0, 0.1) is 5.92 Å². The van der Waals surface area contributed by atoms with Gasteiger partial charge >= 0.3 is 7.12 Å². The fourth-order valence-electron chi connectivity index (χ4n) is 2.46. The van der Waals surface area contributed by atoms with E-state index in [4.69, 9.17) is 9.31 Å². The zero-order chi connectivity index (χ0) is 12.1. The van der Waals surface area contributed by atoms with Crippen molar-refractivity contribution in [3.8, 4) is 0 Å². The Bertz CT molecular complexity index is 295. The first-order chi connectivity index (χ1) is 7.24. The molecule has 4 heteroatoms. The Hall–Kier alpha value is -0.345. The maximum atomic E-state index is 11.6. The highest BCUT2D eigenvalue weighted by Crippen LogP contribution is 2.45. The Morgan fingerprint density at radius 1 is 1.19 bits per heavy atom. The molecule has 90 valence electrons. The Labute approximate surface area is 98.0 Å². The predicted octanol–water partition coefficient (Wildman–Crippen LogP) is 2.45. The SMILES string of the molecule is C[C@H]1C(=O)CC[C@@H]1B1OC(C)(C)C(C)(C)O1. The summed E-state index contributed by atoms with van der Waals surface area (Å²) in [6, 6.07) is 0. The minimum atomic E-state index is -0.289. The van der Waals surface area contributed by atoms with Gasteiger partial charge in [-0.1, -0.05) is 6.92 Å². The molecule has 1 heterocycles. The van der Waals surface area contributed by atoms with E-state index < -0.39 is 0 Å². The van der Waals surface area contributed by atoms with Crippen molar-refractivity contribution in [2.75, 3.05) is 0 Å². The molecule has 0 radical (unpaired) electrons. The van der Waals surface area contributed by atoms with E-state index in [-0.39, 0.29) is 30.1 Å². The second-order valence-corrected chi connectivity index (χ2v) is 6.08. The van der Waals surface area contributed by atoms with Crippen LogP contribution in [0.3, 0.4) is 0 Å². The summed E-state index contributed by atoms with van der Waals surface area (Å²) in [6.45, 7) is 10.2. The Morgan fingerprint density at radius 2 is 1.69 bits per heavy atom. The monoisotopic (exact) mass is 224 g/mol. The Kier molecular flexibility index (Phi) is 2.71. The molecule has 1 aliphatic heterocycles. The summed E-state index contributed by atoms with van der Waals surface area (Å²) in [5.74, 6) is 0.656. The molecule has 1 saturated heterocycles. The fraction of sp³-hybridized carbons (Fsp3) is 0.917. The number of ketones is 1. The fourth-order valence-corrected chi connectivity index (χ4v) is 2.46. The van der Waals surface area contributed by atoms with Gasteiger partial charge in [0.25, 0.3) is 0 Å². The number of Topliss-reactive ketones (excluding diaryl/α,β-unsaturated/α-hetero) is 1. The standard InChI is InChI=1S/C12H21BO3/c1-8-9(6-7-10(8)14)13-15-11(2,3)12(4,5)16-13/h8-9H,6-7H2,1-5H3/t8-,9+/m1/s1. The van der Waals surface area contributed by atoms with Crippen molar-refractivity contribution in [3.05, 3.63) is 0 Å². The van der Waals surface area contributed by atoms with Crippen LogP contribution in [-0.4, -0.2) is 24.1 Å². The van der Waals surface area contributed by atoms with E-state index in [2.05, 4.69) is 27.7 Å². The Morgan fingerprint density at radius 3 is 2.06 bits per heavy atom. The van der Waals surface area contributed by atoms with Gasteiger partial charge in [-0.2, -0.15) is 0 Å². The first-order valence-corrected chi connectivity index (χ1v) is 6.13. The van der Waals surface area contributed by atoms with E-state index in [1.165, 1.54) is 0 Å². The highest BCUT2D eigenvalue weighted by atomic mass is 16.7. The lowest BCUT2D eigenvalue weighted by Crippen LogP contribution is -2.41. The maximum absolute atomic E-state index is 11.6. The quantitative estimate of drug-likeness (QED) is 0.641. The minimum Gasteiger partial charge on any atom is -0.403 e. The van der Waals surface area contributed by atoms with Crippen molar-refractivity contribution in [2.45, 2.75) is 64.5 Å². The molecule has 0 aromatic heterocycles. The molecule has 0 N–H and O–H groups in total. The number of rotatable bonds is 1. The first-order valence-electron chi connectivity index (χ1n) is 6.13. The lowest BCUT2D eigenvalue weighted by molar-refractivity contribution is -0.120. The van der Waals surface area contributed by atoms with Crippen LogP contribution in [0.5, 0.6) is 0 Å². The molecule has 0 aromatic rings. The van der Waals surface area contributed by atoms with Gasteiger partial charge in [-0.05, 0) is 34.1 Å². The smallest absolute Gasteiger partial charge is 0.403 e. The highest BCUT2D eigenvalue weighted by molar-refractivity contribution is 6.48. The maximum Gasteiger partial charge on any atom is 0.461 e. The summed E-state index contributed by atoms with van der Waals surface area (Å²) in [4.78, 5) is 11.6.